The smallest absolute Gasteiger partial charge is 0.326 e. The highest BCUT2D eigenvalue weighted by molar-refractivity contribution is 5.92. The number of nitrogens with one attached hydrogen (secondary N) is 3. The molecule has 0 bridgehead atoms. The van der Waals surface area contributed by atoms with Crippen LogP contribution in [-0.4, -0.2) is 44.9 Å². The second kappa shape index (κ2) is 5.51. The third-order valence-electron chi connectivity index (χ3n) is 2.91. The van der Waals surface area contributed by atoms with Crippen LogP contribution in [0.3, 0.4) is 0 Å². The predicted octanol–water partition coefficient (Wildman–Crippen LogP) is -1.20. The van der Waals surface area contributed by atoms with E-state index in [4.69, 9.17) is 5.11 Å². The summed E-state index contributed by atoms with van der Waals surface area (Å²) in [5.74, 6) is -1.80. The van der Waals surface area contributed by atoms with Crippen molar-refractivity contribution in [3.8, 4) is 0 Å². The Balaban J connectivity index is 1.95. The van der Waals surface area contributed by atoms with E-state index in [1.54, 1.807) is 0 Å². The van der Waals surface area contributed by atoms with Gasteiger partial charge in [0.1, 0.15) is 12.1 Å². The second-order valence-electron chi connectivity index (χ2n) is 4.34. The molecule has 0 spiro atoms. The number of aromatic amines is 1. The van der Waals surface area contributed by atoms with Gasteiger partial charge in [0, 0.05) is 24.7 Å². The fraction of sp³-hybridized carbons (Fsp3) is 0.455. The molecule has 8 nitrogen and oxygen atoms in total. The molecule has 4 N–H and O–H groups in total. The van der Waals surface area contributed by atoms with Gasteiger partial charge in [0.25, 0.3) is 0 Å². The molecule has 0 unspecified atom stereocenters. The number of H-pyrrole nitrogens is 1. The topological polar surface area (TPSA) is 124 Å². The maximum Gasteiger partial charge on any atom is 0.326 e. The Morgan fingerprint density at radius 3 is 2.89 bits per heavy atom. The van der Waals surface area contributed by atoms with Crippen molar-refractivity contribution in [1.82, 2.24) is 20.6 Å². The van der Waals surface area contributed by atoms with E-state index in [9.17, 15) is 14.4 Å². The van der Waals surface area contributed by atoms with E-state index in [0.717, 1.165) is 0 Å². The normalized spacial score (nSPS) is 19.8. The minimum absolute atomic E-state index is 0.113. The van der Waals surface area contributed by atoms with Crippen LogP contribution >= 0.6 is 0 Å². The standard InChI is InChI=1S/C11H14N4O4/c16-9-2-1-7(14-9)10(17)15-8(11(18)19)3-6-4-12-5-13-6/h4-5,7-8H,1-3H2,(H,12,13)(H,14,16)(H,15,17)(H,18,19)/t7-,8+/m0/s1. The molecule has 102 valence electrons. The molecule has 1 saturated heterocycles. The molecule has 2 rings (SSSR count). The summed E-state index contributed by atoms with van der Waals surface area (Å²) < 4.78 is 0. The lowest BCUT2D eigenvalue weighted by Crippen LogP contribution is -2.49. The molecule has 2 heterocycles. The SMILES string of the molecule is O=C1CC[C@@H](C(=O)N[C@H](Cc2cnc[nH]2)C(=O)O)N1. The van der Waals surface area contributed by atoms with Gasteiger partial charge in [-0.15, -0.1) is 0 Å². The number of hydrogen-bond donors (Lipinski definition) is 4. The van der Waals surface area contributed by atoms with Gasteiger partial charge in [-0.05, 0) is 6.42 Å². The first-order valence-electron chi connectivity index (χ1n) is 5.86. The van der Waals surface area contributed by atoms with E-state index in [0.29, 0.717) is 12.1 Å². The van der Waals surface area contributed by atoms with Gasteiger partial charge in [-0.25, -0.2) is 9.78 Å². The molecule has 0 aromatic carbocycles. The Morgan fingerprint density at radius 2 is 2.37 bits per heavy atom. The summed E-state index contributed by atoms with van der Waals surface area (Å²) in [7, 11) is 0. The average Bonchev–Trinajstić information content (AvgIpc) is 2.99. The van der Waals surface area contributed by atoms with Crippen molar-refractivity contribution < 1.29 is 19.5 Å². The molecule has 0 aliphatic carbocycles. The first kappa shape index (κ1) is 13.1. The summed E-state index contributed by atoms with van der Waals surface area (Å²) in [5, 5.41) is 14.0. The fourth-order valence-corrected chi connectivity index (χ4v) is 1.90. The first-order valence-corrected chi connectivity index (χ1v) is 5.86. The Labute approximate surface area is 108 Å². The third-order valence-corrected chi connectivity index (χ3v) is 2.91. The van der Waals surface area contributed by atoms with Crippen LogP contribution in [0.1, 0.15) is 18.5 Å². The first-order chi connectivity index (χ1) is 9.06. The van der Waals surface area contributed by atoms with Crippen LogP contribution in [0.15, 0.2) is 12.5 Å². The second-order valence-corrected chi connectivity index (χ2v) is 4.34. The molecule has 1 aromatic rings. The zero-order valence-electron chi connectivity index (χ0n) is 10.0. The van der Waals surface area contributed by atoms with Crippen LogP contribution in [0.25, 0.3) is 0 Å². The zero-order chi connectivity index (χ0) is 13.8. The van der Waals surface area contributed by atoms with E-state index in [-0.39, 0.29) is 18.7 Å². The van der Waals surface area contributed by atoms with E-state index in [1.165, 1.54) is 12.5 Å². The molecule has 0 radical (unpaired) electrons. The van der Waals surface area contributed by atoms with Gasteiger partial charge in [-0.1, -0.05) is 0 Å². The van der Waals surface area contributed by atoms with Gasteiger partial charge < -0.3 is 20.7 Å². The van der Waals surface area contributed by atoms with Crippen LogP contribution in [0.4, 0.5) is 0 Å². The summed E-state index contributed by atoms with van der Waals surface area (Å²) in [6, 6.07) is -1.69. The molecule has 1 aliphatic heterocycles. The minimum atomic E-state index is -1.13. The molecule has 0 saturated carbocycles. The van der Waals surface area contributed by atoms with Crippen LogP contribution in [-0.2, 0) is 20.8 Å². The lowest BCUT2D eigenvalue weighted by Gasteiger charge is -2.16. The van der Waals surface area contributed by atoms with Gasteiger partial charge in [-0.2, -0.15) is 0 Å². The summed E-state index contributed by atoms with van der Waals surface area (Å²) >= 11 is 0. The molecule has 2 atom stereocenters. The van der Waals surface area contributed by atoms with Crippen LogP contribution in [0, 0.1) is 0 Å². The molecule has 19 heavy (non-hydrogen) atoms. The number of carbonyl (C=O) groups is 3. The number of carboxylic acid groups (broad SMARTS) is 1. The van der Waals surface area contributed by atoms with E-state index >= 15 is 0 Å². The number of imidazole rings is 1. The van der Waals surface area contributed by atoms with Crippen molar-refractivity contribution >= 4 is 17.8 Å². The van der Waals surface area contributed by atoms with Gasteiger partial charge in [0.15, 0.2) is 0 Å². The molecular formula is C11H14N4O4. The van der Waals surface area contributed by atoms with Gasteiger partial charge in [0.2, 0.25) is 11.8 Å². The van der Waals surface area contributed by atoms with Crippen LogP contribution < -0.4 is 10.6 Å². The minimum Gasteiger partial charge on any atom is -0.480 e. The van der Waals surface area contributed by atoms with Crippen LogP contribution in [0.2, 0.25) is 0 Å². The van der Waals surface area contributed by atoms with Gasteiger partial charge in [0.05, 0.1) is 6.33 Å². The highest BCUT2D eigenvalue weighted by atomic mass is 16.4. The maximum atomic E-state index is 11.8. The van der Waals surface area contributed by atoms with Crippen molar-refractivity contribution in [3.05, 3.63) is 18.2 Å². The Bertz CT molecular complexity index is 485. The number of hydrogen-bond acceptors (Lipinski definition) is 4. The number of aromatic nitrogens is 2. The fourth-order valence-electron chi connectivity index (χ4n) is 1.90. The Hall–Kier alpha value is -2.38. The summed E-state index contributed by atoms with van der Waals surface area (Å²) in [6.45, 7) is 0. The molecular weight excluding hydrogens is 252 g/mol. The molecule has 2 amide bonds. The predicted molar refractivity (Wildman–Crippen MR) is 63.0 cm³/mol. The number of aliphatic carboxylic acids is 1. The van der Waals surface area contributed by atoms with Crippen LogP contribution in [0.5, 0.6) is 0 Å². The number of carboxylic acids is 1. The summed E-state index contributed by atoms with van der Waals surface area (Å²) in [6.07, 6.45) is 3.73. The highest BCUT2D eigenvalue weighted by Crippen LogP contribution is 2.07. The van der Waals surface area contributed by atoms with E-state index in [1.807, 2.05) is 0 Å². The summed E-state index contributed by atoms with van der Waals surface area (Å²) in [4.78, 5) is 40.5. The lowest BCUT2D eigenvalue weighted by molar-refractivity contribution is -0.142. The van der Waals surface area contributed by atoms with Crippen molar-refractivity contribution in [2.75, 3.05) is 0 Å². The monoisotopic (exact) mass is 266 g/mol. The number of amides is 2. The van der Waals surface area contributed by atoms with Gasteiger partial charge >= 0.3 is 5.97 Å². The van der Waals surface area contributed by atoms with Gasteiger partial charge in [-0.3, -0.25) is 9.59 Å². The highest BCUT2D eigenvalue weighted by Gasteiger charge is 2.30. The molecule has 1 fully saturated rings. The van der Waals surface area contributed by atoms with Crippen molar-refractivity contribution in [3.63, 3.8) is 0 Å². The maximum absolute atomic E-state index is 11.8. The Morgan fingerprint density at radius 1 is 1.58 bits per heavy atom. The summed E-state index contributed by atoms with van der Waals surface area (Å²) in [5.41, 5.74) is 0.614. The largest absolute Gasteiger partial charge is 0.480 e. The quantitative estimate of drug-likeness (QED) is 0.533. The average molecular weight is 266 g/mol. The number of nitrogens with zero attached hydrogens (tertiary/aromatic N) is 1. The zero-order valence-corrected chi connectivity index (χ0v) is 10.0. The lowest BCUT2D eigenvalue weighted by atomic mass is 10.1. The van der Waals surface area contributed by atoms with E-state index < -0.39 is 24.0 Å². The Kier molecular flexibility index (Phi) is 3.79. The molecule has 8 heteroatoms. The van der Waals surface area contributed by atoms with Crippen molar-refractivity contribution in [1.29, 1.82) is 0 Å². The third kappa shape index (κ3) is 3.30. The molecule has 1 aromatic heterocycles. The number of carbonyl (C=O) groups excluding carboxylic acids is 2. The number of rotatable bonds is 5. The van der Waals surface area contributed by atoms with Crippen molar-refractivity contribution in [2.45, 2.75) is 31.3 Å². The molecule has 1 aliphatic rings. The van der Waals surface area contributed by atoms with E-state index in [2.05, 4.69) is 20.6 Å². The van der Waals surface area contributed by atoms with Crippen molar-refractivity contribution in [2.24, 2.45) is 0 Å².